The lowest BCUT2D eigenvalue weighted by Crippen LogP contribution is -2.50. The zero-order valence-electron chi connectivity index (χ0n) is 7.94. The highest BCUT2D eigenvalue weighted by molar-refractivity contribution is 7.84. The number of thiol groups is 1. The van der Waals surface area contributed by atoms with E-state index >= 15 is 0 Å². The molecule has 1 saturated heterocycles. The lowest BCUT2D eigenvalue weighted by atomic mass is 10.0. The summed E-state index contributed by atoms with van der Waals surface area (Å²) in [6, 6.07) is -0.156. The molecule has 0 bridgehead atoms. The first kappa shape index (κ1) is 9.96. The van der Waals surface area contributed by atoms with Crippen molar-refractivity contribution in [2.24, 2.45) is 0 Å². The number of allylic oxidation sites excluding steroid dienone is 2. The maximum atomic E-state index is 11.7. The molecule has 1 unspecified atom stereocenters. The Morgan fingerprint density at radius 3 is 3.07 bits per heavy atom. The Kier molecular flexibility index (Phi) is 3.05. The highest BCUT2D eigenvalue weighted by Crippen LogP contribution is 2.20. The SMILES string of the molecule is O=C1C=CC=C(S)C1N1CCCNC1. The minimum Gasteiger partial charge on any atom is -0.304 e. The summed E-state index contributed by atoms with van der Waals surface area (Å²) >= 11 is 4.35. The van der Waals surface area contributed by atoms with Gasteiger partial charge in [0.2, 0.25) is 0 Å². The van der Waals surface area contributed by atoms with Crippen molar-refractivity contribution < 1.29 is 4.79 Å². The van der Waals surface area contributed by atoms with Crippen LogP contribution in [0.25, 0.3) is 0 Å². The normalized spacial score (nSPS) is 29.1. The van der Waals surface area contributed by atoms with Crippen molar-refractivity contribution in [2.45, 2.75) is 12.5 Å². The fourth-order valence-electron chi connectivity index (χ4n) is 1.87. The highest BCUT2D eigenvalue weighted by atomic mass is 32.1. The smallest absolute Gasteiger partial charge is 0.177 e. The van der Waals surface area contributed by atoms with E-state index < -0.39 is 0 Å². The second-order valence-corrected chi connectivity index (χ2v) is 4.10. The van der Waals surface area contributed by atoms with Crippen LogP contribution in [0.2, 0.25) is 0 Å². The van der Waals surface area contributed by atoms with Crippen LogP contribution in [-0.2, 0) is 4.79 Å². The van der Waals surface area contributed by atoms with Crippen LogP contribution in [-0.4, -0.2) is 36.5 Å². The standard InChI is InChI=1S/C10H14N2OS/c13-8-3-1-4-9(14)10(8)12-6-2-5-11-7-12/h1,3-4,10-11,14H,2,5-7H2. The van der Waals surface area contributed by atoms with Crippen LogP contribution in [0.15, 0.2) is 23.1 Å². The van der Waals surface area contributed by atoms with Crippen molar-refractivity contribution in [3.63, 3.8) is 0 Å². The van der Waals surface area contributed by atoms with E-state index in [9.17, 15) is 4.79 Å². The fraction of sp³-hybridized carbons (Fsp3) is 0.500. The van der Waals surface area contributed by atoms with Crippen LogP contribution in [0.5, 0.6) is 0 Å². The number of nitrogens with one attached hydrogen (secondary N) is 1. The van der Waals surface area contributed by atoms with Crippen molar-refractivity contribution >= 4 is 18.4 Å². The molecular weight excluding hydrogens is 196 g/mol. The third-order valence-electron chi connectivity index (χ3n) is 2.56. The lowest BCUT2D eigenvalue weighted by Gasteiger charge is -2.34. The van der Waals surface area contributed by atoms with E-state index in [1.807, 2.05) is 6.08 Å². The second kappa shape index (κ2) is 4.29. The summed E-state index contributed by atoms with van der Waals surface area (Å²) < 4.78 is 0. The van der Waals surface area contributed by atoms with Gasteiger partial charge in [-0.1, -0.05) is 12.2 Å². The van der Waals surface area contributed by atoms with E-state index in [2.05, 4.69) is 22.8 Å². The van der Waals surface area contributed by atoms with E-state index in [1.54, 1.807) is 12.2 Å². The first-order valence-electron chi connectivity index (χ1n) is 4.85. The van der Waals surface area contributed by atoms with E-state index in [1.165, 1.54) is 0 Å². The van der Waals surface area contributed by atoms with Gasteiger partial charge in [-0.3, -0.25) is 9.69 Å². The molecule has 1 atom stereocenters. The van der Waals surface area contributed by atoms with Crippen LogP contribution in [0.1, 0.15) is 6.42 Å². The molecule has 1 heterocycles. The Hall–Kier alpha value is -0.580. The van der Waals surface area contributed by atoms with E-state index in [-0.39, 0.29) is 11.8 Å². The molecule has 0 saturated carbocycles. The van der Waals surface area contributed by atoms with Crippen LogP contribution < -0.4 is 5.32 Å². The topological polar surface area (TPSA) is 32.3 Å². The maximum Gasteiger partial charge on any atom is 0.177 e. The van der Waals surface area contributed by atoms with Crippen molar-refractivity contribution in [3.8, 4) is 0 Å². The van der Waals surface area contributed by atoms with Gasteiger partial charge in [-0.05, 0) is 19.0 Å². The average molecular weight is 210 g/mol. The summed E-state index contributed by atoms with van der Waals surface area (Å²) in [5.74, 6) is 0.140. The molecule has 0 aromatic carbocycles. The van der Waals surface area contributed by atoms with E-state index in [0.717, 1.165) is 31.1 Å². The number of hydrogen-bond donors (Lipinski definition) is 2. The largest absolute Gasteiger partial charge is 0.304 e. The quantitative estimate of drug-likeness (QED) is 0.620. The Bertz CT molecular complexity index is 292. The molecular formula is C10H14N2OS. The molecule has 0 aromatic rings. The summed E-state index contributed by atoms with van der Waals surface area (Å²) in [4.78, 5) is 14.6. The molecule has 1 fully saturated rings. The first-order chi connectivity index (χ1) is 6.79. The minimum absolute atomic E-state index is 0.140. The van der Waals surface area contributed by atoms with Crippen molar-refractivity contribution in [3.05, 3.63) is 23.1 Å². The van der Waals surface area contributed by atoms with Crippen LogP contribution in [0, 0.1) is 0 Å². The maximum absolute atomic E-state index is 11.7. The zero-order chi connectivity index (χ0) is 9.97. The van der Waals surface area contributed by atoms with Gasteiger partial charge in [0.25, 0.3) is 0 Å². The van der Waals surface area contributed by atoms with Gasteiger partial charge in [-0.2, -0.15) is 0 Å². The summed E-state index contributed by atoms with van der Waals surface area (Å²) in [5, 5.41) is 3.26. The van der Waals surface area contributed by atoms with E-state index in [0.29, 0.717) is 0 Å². The molecule has 1 aliphatic heterocycles. The van der Waals surface area contributed by atoms with Gasteiger partial charge < -0.3 is 5.32 Å². The third-order valence-corrected chi connectivity index (χ3v) is 2.95. The molecule has 0 radical (unpaired) electrons. The van der Waals surface area contributed by atoms with Gasteiger partial charge in [0.1, 0.15) is 6.04 Å². The summed E-state index contributed by atoms with van der Waals surface area (Å²) in [5.41, 5.74) is 0. The predicted octanol–water partition coefficient (Wildman–Crippen LogP) is 0.560. The molecule has 1 N–H and O–H groups in total. The van der Waals surface area contributed by atoms with Gasteiger partial charge in [0, 0.05) is 18.1 Å². The van der Waals surface area contributed by atoms with Gasteiger partial charge >= 0.3 is 0 Å². The summed E-state index contributed by atoms with van der Waals surface area (Å²) in [6.45, 7) is 2.79. The monoisotopic (exact) mass is 210 g/mol. The lowest BCUT2D eigenvalue weighted by molar-refractivity contribution is -0.118. The number of nitrogens with zero attached hydrogens (tertiary/aromatic N) is 1. The van der Waals surface area contributed by atoms with Crippen LogP contribution in [0.3, 0.4) is 0 Å². The molecule has 0 aromatic heterocycles. The van der Waals surface area contributed by atoms with Crippen LogP contribution >= 0.6 is 12.6 Å². The molecule has 76 valence electrons. The Labute approximate surface area is 89.3 Å². The van der Waals surface area contributed by atoms with E-state index in [4.69, 9.17) is 0 Å². The zero-order valence-corrected chi connectivity index (χ0v) is 8.83. The second-order valence-electron chi connectivity index (χ2n) is 3.58. The first-order valence-corrected chi connectivity index (χ1v) is 5.29. The number of ketones is 1. The van der Waals surface area contributed by atoms with Gasteiger partial charge in [0.15, 0.2) is 5.78 Å². The van der Waals surface area contributed by atoms with Gasteiger partial charge in [0.05, 0.1) is 0 Å². The molecule has 2 aliphatic rings. The van der Waals surface area contributed by atoms with Crippen molar-refractivity contribution in [1.82, 2.24) is 10.2 Å². The summed E-state index contributed by atoms with van der Waals surface area (Å²) in [7, 11) is 0. The predicted molar refractivity (Wildman–Crippen MR) is 59.2 cm³/mol. The van der Waals surface area contributed by atoms with Crippen molar-refractivity contribution in [2.75, 3.05) is 19.8 Å². The number of rotatable bonds is 1. The van der Waals surface area contributed by atoms with Crippen LogP contribution in [0.4, 0.5) is 0 Å². The molecule has 2 rings (SSSR count). The third kappa shape index (κ3) is 1.92. The Morgan fingerprint density at radius 2 is 2.43 bits per heavy atom. The Morgan fingerprint density at radius 1 is 1.57 bits per heavy atom. The fourth-order valence-corrected chi connectivity index (χ4v) is 2.24. The Balaban J connectivity index is 2.11. The molecule has 1 aliphatic carbocycles. The number of hydrogen-bond acceptors (Lipinski definition) is 4. The van der Waals surface area contributed by atoms with Gasteiger partial charge in [-0.15, -0.1) is 12.6 Å². The molecule has 0 amide bonds. The number of carbonyl (C=O) groups excluding carboxylic acids is 1. The summed E-state index contributed by atoms with van der Waals surface area (Å²) in [6.07, 6.45) is 6.37. The molecule has 14 heavy (non-hydrogen) atoms. The average Bonchev–Trinajstić information content (AvgIpc) is 2.19. The van der Waals surface area contributed by atoms with Gasteiger partial charge in [-0.25, -0.2) is 0 Å². The molecule has 0 spiro atoms. The van der Waals surface area contributed by atoms with Crippen molar-refractivity contribution in [1.29, 1.82) is 0 Å². The molecule has 3 nitrogen and oxygen atoms in total. The highest BCUT2D eigenvalue weighted by Gasteiger charge is 2.28. The molecule has 4 heteroatoms. The minimum atomic E-state index is -0.156. The number of carbonyl (C=O) groups is 1.